The monoisotopic (exact) mass is 192 g/mol. The van der Waals surface area contributed by atoms with Crippen molar-refractivity contribution in [2.45, 2.75) is 37.3 Å². The van der Waals surface area contributed by atoms with Crippen LogP contribution in [0.3, 0.4) is 0 Å². The molecule has 0 aromatic carbocycles. The maximum atomic E-state index is 5.76. The van der Waals surface area contributed by atoms with E-state index in [-0.39, 0.29) is 12.2 Å². The first-order chi connectivity index (χ1) is 6.86. The minimum atomic E-state index is -0.508. The van der Waals surface area contributed by atoms with Crippen molar-refractivity contribution in [3.05, 3.63) is 11.8 Å². The molecule has 14 heavy (non-hydrogen) atoms. The van der Waals surface area contributed by atoms with E-state index in [2.05, 4.69) is 5.92 Å². The highest BCUT2D eigenvalue weighted by molar-refractivity contribution is 5.28. The molecule has 0 unspecified atom stereocenters. The quantitative estimate of drug-likeness (QED) is 0.427. The van der Waals surface area contributed by atoms with Crippen molar-refractivity contribution in [3.63, 3.8) is 0 Å². The number of terminal acetylenes is 1. The molecule has 0 aliphatic carbocycles. The number of ether oxygens (including phenoxy) is 3. The predicted molar refractivity (Wildman–Crippen MR) is 49.2 cm³/mol. The van der Waals surface area contributed by atoms with Gasteiger partial charge >= 0.3 is 0 Å². The van der Waals surface area contributed by atoms with E-state index >= 15 is 0 Å². The molecule has 0 N–H and O–H groups in total. The summed E-state index contributed by atoms with van der Waals surface area (Å²) in [7, 11) is 0. The first kappa shape index (κ1) is 8.34. The Bertz CT molecular complexity index is 320. The molecule has 3 saturated heterocycles. The second-order valence-electron chi connectivity index (χ2n) is 3.91. The summed E-state index contributed by atoms with van der Waals surface area (Å²) in [5, 5.41) is 0. The molecule has 0 aromatic heterocycles. The normalized spacial score (nSPS) is 47.2. The highest BCUT2D eigenvalue weighted by atomic mass is 16.8. The Hall–Kier alpha value is -0.980. The van der Waals surface area contributed by atoms with Crippen molar-refractivity contribution in [2.24, 2.45) is 0 Å². The number of allylic oxidation sites excluding steroid dienone is 1. The van der Waals surface area contributed by atoms with Crippen LogP contribution in [0.4, 0.5) is 0 Å². The lowest BCUT2D eigenvalue weighted by Crippen LogP contribution is -2.41. The molecule has 3 atom stereocenters. The van der Waals surface area contributed by atoms with Crippen LogP contribution >= 0.6 is 0 Å². The molecule has 0 radical (unpaired) electrons. The van der Waals surface area contributed by atoms with Crippen LogP contribution in [0.1, 0.15) is 19.3 Å². The first-order valence-electron chi connectivity index (χ1n) is 5.00. The Kier molecular flexibility index (Phi) is 1.64. The zero-order valence-corrected chi connectivity index (χ0v) is 7.86. The predicted octanol–water partition coefficient (Wildman–Crippen LogP) is 1.20. The van der Waals surface area contributed by atoms with Crippen molar-refractivity contribution < 1.29 is 14.2 Å². The number of hydrogen-bond donors (Lipinski definition) is 0. The fourth-order valence-electron chi connectivity index (χ4n) is 2.27. The van der Waals surface area contributed by atoms with E-state index in [9.17, 15) is 0 Å². The molecule has 74 valence electrons. The molecule has 3 heterocycles. The van der Waals surface area contributed by atoms with Gasteiger partial charge in [0.05, 0.1) is 6.61 Å². The molecular formula is C11H12O3. The fourth-order valence-corrected chi connectivity index (χ4v) is 2.27. The van der Waals surface area contributed by atoms with E-state index in [4.69, 9.17) is 20.6 Å². The van der Waals surface area contributed by atoms with Gasteiger partial charge in [0.25, 0.3) is 0 Å². The smallest absolute Gasteiger partial charge is 0.239 e. The molecule has 1 spiro atoms. The Morgan fingerprint density at radius 2 is 2.43 bits per heavy atom. The Labute approximate surface area is 83.0 Å². The zero-order chi connectivity index (χ0) is 9.60. The molecule has 0 saturated carbocycles. The second-order valence-corrected chi connectivity index (χ2v) is 3.91. The van der Waals surface area contributed by atoms with E-state index in [0.29, 0.717) is 0 Å². The maximum Gasteiger partial charge on any atom is 0.239 e. The molecule has 3 heteroatoms. The summed E-state index contributed by atoms with van der Waals surface area (Å²) < 4.78 is 17.0. The highest BCUT2D eigenvalue weighted by Crippen LogP contribution is 2.52. The van der Waals surface area contributed by atoms with Gasteiger partial charge in [-0.25, -0.2) is 0 Å². The van der Waals surface area contributed by atoms with Crippen LogP contribution in [0, 0.1) is 12.3 Å². The van der Waals surface area contributed by atoms with Gasteiger partial charge < -0.3 is 14.2 Å². The standard InChI is InChI=1S/C11H12O3/c1-2-5-8-9-10(13-9)11(14-8)6-3-4-7-12-11/h1,5,9-10H,3-4,6-7H2/b8-5+/t9-,10-,11-/m1/s1. The average Bonchev–Trinajstić information content (AvgIpc) is 2.94. The molecule has 3 aliphatic heterocycles. The van der Waals surface area contributed by atoms with Gasteiger partial charge in [-0.3, -0.25) is 0 Å². The van der Waals surface area contributed by atoms with Crippen LogP contribution in [-0.4, -0.2) is 24.6 Å². The third-order valence-electron chi connectivity index (χ3n) is 2.99. The molecule has 3 aliphatic rings. The van der Waals surface area contributed by atoms with E-state index in [1.54, 1.807) is 6.08 Å². The molecule has 0 amide bonds. The van der Waals surface area contributed by atoms with Crippen molar-refractivity contribution in [2.75, 3.05) is 6.61 Å². The summed E-state index contributed by atoms with van der Waals surface area (Å²) in [4.78, 5) is 0. The second kappa shape index (κ2) is 2.75. The lowest BCUT2D eigenvalue weighted by Gasteiger charge is -2.33. The van der Waals surface area contributed by atoms with Gasteiger partial charge in [0.1, 0.15) is 11.9 Å². The Balaban J connectivity index is 1.84. The molecule has 0 bridgehead atoms. The van der Waals surface area contributed by atoms with Crippen LogP contribution in [0.15, 0.2) is 11.8 Å². The fraction of sp³-hybridized carbons (Fsp3) is 0.636. The number of rotatable bonds is 0. The van der Waals surface area contributed by atoms with Gasteiger partial charge in [0, 0.05) is 12.5 Å². The number of epoxide rings is 1. The summed E-state index contributed by atoms with van der Waals surface area (Å²) in [5.41, 5.74) is 0. The minimum Gasteiger partial charge on any atom is -0.460 e. The van der Waals surface area contributed by atoms with Crippen LogP contribution in [0.5, 0.6) is 0 Å². The van der Waals surface area contributed by atoms with E-state index in [1.807, 2.05) is 0 Å². The van der Waals surface area contributed by atoms with Crippen LogP contribution in [0.25, 0.3) is 0 Å². The summed E-state index contributed by atoms with van der Waals surface area (Å²) >= 11 is 0. The van der Waals surface area contributed by atoms with Crippen LogP contribution in [0.2, 0.25) is 0 Å². The molecule has 3 nitrogen and oxygen atoms in total. The Morgan fingerprint density at radius 3 is 3.14 bits per heavy atom. The summed E-state index contributed by atoms with van der Waals surface area (Å²) in [6.45, 7) is 0.760. The van der Waals surface area contributed by atoms with Crippen molar-refractivity contribution >= 4 is 0 Å². The van der Waals surface area contributed by atoms with Crippen molar-refractivity contribution in [1.82, 2.24) is 0 Å². The lowest BCUT2D eigenvalue weighted by atomic mass is 10.0. The highest BCUT2D eigenvalue weighted by Gasteiger charge is 2.66. The van der Waals surface area contributed by atoms with E-state index in [0.717, 1.165) is 31.6 Å². The summed E-state index contributed by atoms with van der Waals surface area (Å²) in [6.07, 6.45) is 10.1. The SMILES string of the molecule is C#C/C=C1/O[C@]2(CCCCO2)[C@@H]2O[C@H]12. The molecule has 3 fully saturated rings. The molecule has 0 aromatic rings. The van der Waals surface area contributed by atoms with Gasteiger partial charge in [0.2, 0.25) is 5.79 Å². The zero-order valence-electron chi connectivity index (χ0n) is 7.86. The van der Waals surface area contributed by atoms with Crippen LogP contribution in [-0.2, 0) is 14.2 Å². The summed E-state index contributed by atoms with van der Waals surface area (Å²) in [5.74, 6) is 2.72. The maximum absolute atomic E-state index is 5.76. The lowest BCUT2D eigenvalue weighted by molar-refractivity contribution is -0.240. The minimum absolute atomic E-state index is 0.0594. The number of hydrogen-bond acceptors (Lipinski definition) is 3. The summed E-state index contributed by atoms with van der Waals surface area (Å²) in [6, 6.07) is 0. The van der Waals surface area contributed by atoms with Gasteiger partial charge in [0.15, 0.2) is 6.10 Å². The van der Waals surface area contributed by atoms with Gasteiger partial charge in [-0.2, -0.15) is 0 Å². The average molecular weight is 192 g/mol. The van der Waals surface area contributed by atoms with Gasteiger partial charge in [-0.05, 0) is 12.8 Å². The third kappa shape index (κ3) is 1.01. The molecule has 3 rings (SSSR count). The van der Waals surface area contributed by atoms with E-state index in [1.165, 1.54) is 0 Å². The number of fused-ring (bicyclic) bond motifs is 2. The Morgan fingerprint density at radius 1 is 1.50 bits per heavy atom. The third-order valence-corrected chi connectivity index (χ3v) is 2.99. The molecular weight excluding hydrogens is 180 g/mol. The largest absolute Gasteiger partial charge is 0.460 e. The van der Waals surface area contributed by atoms with Gasteiger partial charge in [-0.1, -0.05) is 5.92 Å². The van der Waals surface area contributed by atoms with E-state index < -0.39 is 5.79 Å². The van der Waals surface area contributed by atoms with Crippen molar-refractivity contribution in [1.29, 1.82) is 0 Å². The first-order valence-corrected chi connectivity index (χ1v) is 5.00. The van der Waals surface area contributed by atoms with Crippen molar-refractivity contribution in [3.8, 4) is 12.3 Å². The van der Waals surface area contributed by atoms with Gasteiger partial charge in [-0.15, -0.1) is 6.42 Å². The topological polar surface area (TPSA) is 31.0 Å². The van der Waals surface area contributed by atoms with Crippen LogP contribution < -0.4 is 0 Å².